The van der Waals surface area contributed by atoms with Gasteiger partial charge in [0.25, 0.3) is 5.91 Å². The maximum atomic E-state index is 13.4. The Morgan fingerprint density at radius 2 is 1.76 bits per heavy atom. The van der Waals surface area contributed by atoms with Crippen LogP contribution in [0, 0.1) is 5.82 Å². The Morgan fingerprint density at radius 1 is 1.05 bits per heavy atom. The van der Waals surface area contributed by atoms with Crippen LogP contribution in [0.25, 0.3) is 5.69 Å². The van der Waals surface area contributed by atoms with Crippen molar-refractivity contribution in [3.05, 3.63) is 83.9 Å². The molecule has 10 heteroatoms. The summed E-state index contributed by atoms with van der Waals surface area (Å²) in [5.41, 5.74) is 2.42. The average Bonchev–Trinajstić information content (AvgIpc) is 3.46. The predicted molar refractivity (Wildman–Crippen MR) is 142 cm³/mol. The number of likely N-dealkylation sites (N-methyl/N-ethyl adjacent to an activating group) is 1. The predicted octanol–water partition coefficient (Wildman–Crippen LogP) is 2.45. The molecular weight excluding hydrogens is 495 g/mol. The van der Waals surface area contributed by atoms with Crippen LogP contribution in [-0.2, 0) is 4.79 Å². The van der Waals surface area contributed by atoms with E-state index in [2.05, 4.69) is 20.6 Å². The summed E-state index contributed by atoms with van der Waals surface area (Å²) < 4.78 is 15.0. The van der Waals surface area contributed by atoms with Crippen LogP contribution in [0.5, 0.6) is 0 Å². The molecule has 0 unspecified atom stereocenters. The fraction of sp³-hybridized carbons (Fsp3) is 0.370. The van der Waals surface area contributed by atoms with Gasteiger partial charge in [0.05, 0.1) is 5.69 Å². The molecule has 0 radical (unpaired) electrons. The normalized spacial score (nSPS) is 20.1. The lowest BCUT2D eigenvalue weighted by atomic mass is 10.1. The van der Waals surface area contributed by atoms with Crippen molar-refractivity contribution in [2.24, 2.45) is 0 Å². The zero-order chi connectivity index (χ0) is 25.1. The van der Waals surface area contributed by atoms with Gasteiger partial charge in [-0.2, -0.15) is 5.10 Å². The molecule has 37 heavy (non-hydrogen) atoms. The van der Waals surface area contributed by atoms with Crippen molar-refractivity contribution < 1.29 is 14.0 Å². The summed E-state index contributed by atoms with van der Waals surface area (Å²) in [5.74, 6) is -0.323. The lowest BCUT2D eigenvalue weighted by molar-refractivity contribution is -0.134. The topological polar surface area (TPSA) is 82.5 Å². The van der Waals surface area contributed by atoms with Gasteiger partial charge in [-0.25, -0.2) is 9.07 Å². The molecule has 3 aromatic rings. The molecule has 196 valence electrons. The SMILES string of the molecule is CN1CCN(C(=O)[C@H](CN[C@@H]2C[C@H]2c2ccc(F)cc2)NC(=O)c2ccc(-n3cccn3)cc2)CC1.Cl. The maximum absolute atomic E-state index is 13.4. The van der Waals surface area contributed by atoms with Crippen molar-refractivity contribution in [1.82, 2.24) is 30.2 Å². The molecule has 5 rings (SSSR count). The van der Waals surface area contributed by atoms with Gasteiger partial charge in [-0.15, -0.1) is 12.4 Å². The van der Waals surface area contributed by atoms with Crippen molar-refractivity contribution >= 4 is 24.2 Å². The van der Waals surface area contributed by atoms with E-state index >= 15 is 0 Å². The van der Waals surface area contributed by atoms with E-state index in [1.165, 1.54) is 12.1 Å². The molecular formula is C27H32ClFN6O2. The Hall–Kier alpha value is -3.27. The number of halogens is 2. The highest BCUT2D eigenvalue weighted by Crippen LogP contribution is 2.40. The first-order valence-corrected chi connectivity index (χ1v) is 12.3. The van der Waals surface area contributed by atoms with E-state index in [-0.39, 0.29) is 42.0 Å². The second kappa shape index (κ2) is 11.9. The Labute approximate surface area is 222 Å². The molecule has 0 bridgehead atoms. The summed E-state index contributed by atoms with van der Waals surface area (Å²) in [5, 5.41) is 10.6. The standard InChI is InChI=1S/C27H31FN6O2.ClH/c1-32-13-15-33(16-14-32)27(36)25(18-29-24-17-23(24)19-3-7-21(28)8-4-19)31-26(35)20-5-9-22(10-6-20)34-12-2-11-30-34;/h2-12,23-25,29H,13-18H2,1H3,(H,31,35);1H/t23-,24+,25-;/m0./s1. The van der Waals surface area contributed by atoms with E-state index in [1.54, 1.807) is 23.0 Å². The van der Waals surface area contributed by atoms with E-state index in [1.807, 2.05) is 48.5 Å². The number of nitrogens with zero attached hydrogens (tertiary/aromatic N) is 4. The van der Waals surface area contributed by atoms with Gasteiger partial charge in [-0.1, -0.05) is 12.1 Å². The minimum Gasteiger partial charge on any atom is -0.339 e. The number of hydrogen-bond acceptors (Lipinski definition) is 5. The third kappa shape index (κ3) is 6.54. The van der Waals surface area contributed by atoms with Gasteiger partial charge in [0, 0.05) is 62.6 Å². The number of carbonyl (C=O) groups is 2. The van der Waals surface area contributed by atoms with Crippen LogP contribution in [0.3, 0.4) is 0 Å². The van der Waals surface area contributed by atoms with E-state index in [4.69, 9.17) is 0 Å². The van der Waals surface area contributed by atoms with Gasteiger partial charge in [0.15, 0.2) is 0 Å². The Bertz CT molecular complexity index is 1180. The number of piperazine rings is 1. The highest BCUT2D eigenvalue weighted by molar-refractivity contribution is 5.97. The lowest BCUT2D eigenvalue weighted by Gasteiger charge is -2.35. The maximum Gasteiger partial charge on any atom is 0.251 e. The summed E-state index contributed by atoms with van der Waals surface area (Å²) in [4.78, 5) is 30.5. The molecule has 2 amide bonds. The highest BCUT2D eigenvalue weighted by Gasteiger charge is 2.39. The molecule has 2 N–H and O–H groups in total. The fourth-order valence-corrected chi connectivity index (χ4v) is 4.64. The Kier molecular flexibility index (Phi) is 8.58. The molecule has 1 saturated heterocycles. The lowest BCUT2D eigenvalue weighted by Crippen LogP contribution is -2.57. The molecule has 1 saturated carbocycles. The largest absolute Gasteiger partial charge is 0.339 e. The smallest absolute Gasteiger partial charge is 0.251 e. The highest BCUT2D eigenvalue weighted by atomic mass is 35.5. The van der Waals surface area contributed by atoms with E-state index in [0.29, 0.717) is 25.2 Å². The van der Waals surface area contributed by atoms with Crippen LogP contribution in [0.2, 0.25) is 0 Å². The molecule has 2 aromatic carbocycles. The first-order valence-electron chi connectivity index (χ1n) is 12.3. The number of rotatable bonds is 8. The van der Waals surface area contributed by atoms with Gasteiger partial charge in [-0.3, -0.25) is 9.59 Å². The molecule has 1 aromatic heterocycles. The molecule has 3 atom stereocenters. The number of carbonyl (C=O) groups excluding carboxylic acids is 2. The molecule has 0 spiro atoms. The van der Waals surface area contributed by atoms with Crippen LogP contribution in [-0.4, -0.2) is 83.2 Å². The van der Waals surface area contributed by atoms with Crippen molar-refractivity contribution in [2.45, 2.75) is 24.4 Å². The van der Waals surface area contributed by atoms with Crippen LogP contribution in [0.15, 0.2) is 67.0 Å². The quantitative estimate of drug-likeness (QED) is 0.471. The van der Waals surface area contributed by atoms with Crippen LogP contribution in [0.4, 0.5) is 4.39 Å². The Morgan fingerprint density at radius 3 is 2.41 bits per heavy atom. The summed E-state index contributed by atoms with van der Waals surface area (Å²) in [6, 6.07) is 15.1. The summed E-state index contributed by atoms with van der Waals surface area (Å²) >= 11 is 0. The summed E-state index contributed by atoms with van der Waals surface area (Å²) in [7, 11) is 2.04. The van der Waals surface area contributed by atoms with Gasteiger partial charge in [-0.05, 0) is 61.5 Å². The van der Waals surface area contributed by atoms with Crippen molar-refractivity contribution in [2.75, 3.05) is 39.8 Å². The molecule has 1 aliphatic heterocycles. The van der Waals surface area contributed by atoms with Crippen LogP contribution >= 0.6 is 12.4 Å². The zero-order valence-electron chi connectivity index (χ0n) is 20.7. The number of aromatic nitrogens is 2. The molecule has 8 nitrogen and oxygen atoms in total. The minimum atomic E-state index is -0.679. The average molecular weight is 527 g/mol. The van der Waals surface area contributed by atoms with Gasteiger partial charge >= 0.3 is 0 Å². The second-order valence-electron chi connectivity index (χ2n) is 9.56. The van der Waals surface area contributed by atoms with Gasteiger partial charge < -0.3 is 20.4 Å². The molecule has 2 heterocycles. The monoisotopic (exact) mass is 526 g/mol. The van der Waals surface area contributed by atoms with Crippen molar-refractivity contribution in [1.29, 1.82) is 0 Å². The fourth-order valence-electron chi connectivity index (χ4n) is 4.64. The number of amides is 2. The first kappa shape index (κ1) is 26.8. The zero-order valence-corrected chi connectivity index (χ0v) is 21.5. The number of benzene rings is 2. The van der Waals surface area contributed by atoms with Crippen LogP contribution in [0.1, 0.15) is 28.3 Å². The van der Waals surface area contributed by atoms with Crippen molar-refractivity contribution in [3.63, 3.8) is 0 Å². The van der Waals surface area contributed by atoms with Gasteiger partial charge in [0.2, 0.25) is 5.91 Å². The first-order chi connectivity index (χ1) is 17.5. The molecule has 1 aliphatic carbocycles. The second-order valence-corrected chi connectivity index (χ2v) is 9.56. The summed E-state index contributed by atoms with van der Waals surface area (Å²) in [6.45, 7) is 3.24. The van der Waals surface area contributed by atoms with Crippen LogP contribution < -0.4 is 10.6 Å². The number of hydrogen-bond donors (Lipinski definition) is 2. The van der Waals surface area contributed by atoms with Gasteiger partial charge in [0.1, 0.15) is 11.9 Å². The van der Waals surface area contributed by atoms with Crippen molar-refractivity contribution in [3.8, 4) is 5.69 Å². The van der Waals surface area contributed by atoms with E-state index in [0.717, 1.165) is 30.8 Å². The Balaban J connectivity index is 0.00000320. The van der Waals surface area contributed by atoms with E-state index < -0.39 is 6.04 Å². The third-order valence-electron chi connectivity index (χ3n) is 6.99. The molecule has 2 aliphatic rings. The summed E-state index contributed by atoms with van der Waals surface area (Å²) in [6.07, 6.45) is 4.45. The molecule has 2 fully saturated rings. The number of nitrogens with one attached hydrogen (secondary N) is 2. The van der Waals surface area contributed by atoms with E-state index in [9.17, 15) is 14.0 Å². The minimum absolute atomic E-state index is 0. The third-order valence-corrected chi connectivity index (χ3v) is 6.99.